The van der Waals surface area contributed by atoms with Gasteiger partial charge in [0, 0.05) is 25.2 Å². The Labute approximate surface area is 181 Å². The molecule has 6 rings (SSSR count). The number of likely N-dealkylation sites (tertiary alicyclic amines) is 1. The first-order valence-corrected chi connectivity index (χ1v) is 10.7. The first-order valence-electron chi connectivity index (χ1n) is 10.7. The molecule has 0 unspecified atom stereocenters. The molecule has 1 spiro atoms. The van der Waals surface area contributed by atoms with Crippen LogP contribution in [0.15, 0.2) is 48.7 Å². The molecular formula is C24H25N3O4. The molecule has 1 fully saturated rings. The van der Waals surface area contributed by atoms with Crippen LogP contribution in [0, 0.1) is 0 Å². The van der Waals surface area contributed by atoms with Gasteiger partial charge in [-0.15, -0.1) is 0 Å². The number of hydrogen-bond donors (Lipinski definition) is 0. The highest BCUT2D eigenvalue weighted by Crippen LogP contribution is 2.37. The molecule has 1 aromatic heterocycles. The van der Waals surface area contributed by atoms with E-state index in [1.165, 1.54) is 5.56 Å². The lowest BCUT2D eigenvalue weighted by Crippen LogP contribution is -2.44. The Kier molecular flexibility index (Phi) is 4.40. The van der Waals surface area contributed by atoms with E-state index in [-0.39, 0.29) is 5.60 Å². The van der Waals surface area contributed by atoms with Crippen LogP contribution in [0.3, 0.4) is 0 Å². The van der Waals surface area contributed by atoms with Crippen LogP contribution < -0.4 is 14.2 Å². The van der Waals surface area contributed by atoms with Crippen molar-refractivity contribution in [3.63, 3.8) is 0 Å². The molecule has 7 heteroatoms. The number of methoxy groups -OCH3 is 1. The average molecular weight is 419 g/mol. The summed E-state index contributed by atoms with van der Waals surface area (Å²) in [7, 11) is 1.69. The van der Waals surface area contributed by atoms with E-state index in [0.717, 1.165) is 66.9 Å². The van der Waals surface area contributed by atoms with Gasteiger partial charge in [0.25, 0.3) is 0 Å². The zero-order valence-electron chi connectivity index (χ0n) is 17.5. The largest absolute Gasteiger partial charge is 0.497 e. The van der Waals surface area contributed by atoms with E-state index in [2.05, 4.69) is 38.7 Å². The molecule has 1 atom stereocenters. The molecule has 31 heavy (non-hydrogen) atoms. The van der Waals surface area contributed by atoms with Gasteiger partial charge in [0.05, 0.1) is 25.5 Å². The van der Waals surface area contributed by atoms with Gasteiger partial charge < -0.3 is 23.5 Å². The lowest BCUT2D eigenvalue weighted by atomic mass is 10.0. The Balaban J connectivity index is 1.19. The van der Waals surface area contributed by atoms with Crippen LogP contribution in [0.1, 0.15) is 17.8 Å². The van der Waals surface area contributed by atoms with Crippen molar-refractivity contribution in [3.05, 3.63) is 60.0 Å². The molecule has 3 aliphatic heterocycles. The third kappa shape index (κ3) is 3.34. The number of ether oxygens (including phenoxy) is 4. The summed E-state index contributed by atoms with van der Waals surface area (Å²) in [5, 5.41) is 0. The Morgan fingerprint density at radius 2 is 1.94 bits per heavy atom. The maximum Gasteiger partial charge on any atom is 0.231 e. The van der Waals surface area contributed by atoms with Gasteiger partial charge in [0.2, 0.25) is 6.79 Å². The van der Waals surface area contributed by atoms with Gasteiger partial charge >= 0.3 is 0 Å². The molecule has 160 valence electrons. The zero-order chi connectivity index (χ0) is 20.8. The third-order valence-electron chi connectivity index (χ3n) is 6.52. The highest BCUT2D eigenvalue weighted by Gasteiger charge is 2.43. The average Bonchev–Trinajstić information content (AvgIpc) is 3.52. The molecular weight excluding hydrogens is 394 g/mol. The SMILES string of the molecule is COc1ccc(-c2cnc3n2C[C@@]2(CCN(Cc4ccc5c(c4)OCO5)C2)OC3)cc1. The molecule has 0 bridgehead atoms. The summed E-state index contributed by atoms with van der Waals surface area (Å²) in [5.74, 6) is 3.52. The second-order valence-electron chi connectivity index (χ2n) is 8.49. The van der Waals surface area contributed by atoms with Gasteiger partial charge in [0.1, 0.15) is 23.8 Å². The number of imidazole rings is 1. The van der Waals surface area contributed by atoms with Gasteiger partial charge in [-0.3, -0.25) is 4.90 Å². The van der Waals surface area contributed by atoms with Crippen LogP contribution >= 0.6 is 0 Å². The maximum atomic E-state index is 6.39. The summed E-state index contributed by atoms with van der Waals surface area (Å²) in [5.41, 5.74) is 3.34. The number of rotatable bonds is 4. The van der Waals surface area contributed by atoms with Crippen molar-refractivity contribution >= 4 is 0 Å². The zero-order valence-corrected chi connectivity index (χ0v) is 17.5. The number of benzene rings is 2. The van der Waals surface area contributed by atoms with Crippen molar-refractivity contribution in [2.45, 2.75) is 31.7 Å². The molecule has 2 aromatic carbocycles. The monoisotopic (exact) mass is 419 g/mol. The van der Waals surface area contributed by atoms with Crippen LogP contribution in [0.25, 0.3) is 11.3 Å². The van der Waals surface area contributed by atoms with E-state index in [1.807, 2.05) is 24.4 Å². The van der Waals surface area contributed by atoms with Crippen LogP contribution in [0.2, 0.25) is 0 Å². The summed E-state index contributed by atoms with van der Waals surface area (Å²) in [6.45, 7) is 4.47. The molecule has 7 nitrogen and oxygen atoms in total. The van der Waals surface area contributed by atoms with Gasteiger partial charge in [-0.05, 0) is 48.4 Å². The van der Waals surface area contributed by atoms with Gasteiger partial charge in [0.15, 0.2) is 11.5 Å². The topological polar surface area (TPSA) is 58.0 Å². The fourth-order valence-corrected chi connectivity index (χ4v) is 4.86. The van der Waals surface area contributed by atoms with Crippen molar-refractivity contribution in [2.75, 3.05) is 27.0 Å². The fourth-order valence-electron chi connectivity index (χ4n) is 4.86. The molecule has 0 aliphatic carbocycles. The molecule has 0 saturated carbocycles. The second kappa shape index (κ2) is 7.28. The van der Waals surface area contributed by atoms with Crippen molar-refractivity contribution in [3.8, 4) is 28.5 Å². The van der Waals surface area contributed by atoms with Crippen LogP contribution in [0.4, 0.5) is 0 Å². The van der Waals surface area contributed by atoms with E-state index in [4.69, 9.17) is 18.9 Å². The summed E-state index contributed by atoms with van der Waals surface area (Å²) in [4.78, 5) is 7.08. The Morgan fingerprint density at radius 3 is 2.81 bits per heavy atom. The quantitative estimate of drug-likeness (QED) is 0.646. The van der Waals surface area contributed by atoms with E-state index in [1.54, 1.807) is 7.11 Å². The normalized spacial score (nSPS) is 22.1. The smallest absolute Gasteiger partial charge is 0.231 e. The van der Waals surface area contributed by atoms with E-state index >= 15 is 0 Å². The molecule has 0 amide bonds. The second-order valence-corrected chi connectivity index (χ2v) is 8.49. The molecule has 4 heterocycles. The lowest BCUT2D eigenvalue weighted by molar-refractivity contribution is -0.0821. The molecule has 3 aromatic rings. The minimum absolute atomic E-state index is 0.175. The minimum Gasteiger partial charge on any atom is -0.497 e. The van der Waals surface area contributed by atoms with Crippen molar-refractivity contribution in [1.29, 1.82) is 0 Å². The van der Waals surface area contributed by atoms with E-state index in [9.17, 15) is 0 Å². The lowest BCUT2D eigenvalue weighted by Gasteiger charge is -2.35. The number of hydrogen-bond acceptors (Lipinski definition) is 6. The summed E-state index contributed by atoms with van der Waals surface area (Å²) < 4.78 is 25.0. The Hall–Kier alpha value is -3.03. The standard InChI is InChI=1S/C24H25N3O4/c1-28-19-5-3-18(4-6-19)20-11-25-23-13-31-24(15-27(20)23)8-9-26(14-24)12-17-2-7-21-22(10-17)30-16-29-21/h2-7,10-11H,8-9,12-16H2,1H3/t24-/m0/s1. The van der Waals surface area contributed by atoms with Gasteiger partial charge in [-0.25, -0.2) is 4.98 Å². The maximum absolute atomic E-state index is 6.39. The molecule has 0 N–H and O–H groups in total. The molecule has 3 aliphatic rings. The van der Waals surface area contributed by atoms with Crippen LogP contribution in [0.5, 0.6) is 17.2 Å². The first kappa shape index (κ1) is 18.7. The van der Waals surface area contributed by atoms with Crippen LogP contribution in [-0.2, 0) is 24.4 Å². The minimum atomic E-state index is -0.175. The van der Waals surface area contributed by atoms with E-state index in [0.29, 0.717) is 13.4 Å². The third-order valence-corrected chi connectivity index (χ3v) is 6.52. The van der Waals surface area contributed by atoms with Crippen molar-refractivity contribution in [2.24, 2.45) is 0 Å². The van der Waals surface area contributed by atoms with Crippen LogP contribution in [-0.4, -0.2) is 47.0 Å². The highest BCUT2D eigenvalue weighted by atomic mass is 16.7. The highest BCUT2D eigenvalue weighted by molar-refractivity contribution is 5.60. The fraction of sp³-hybridized carbons (Fsp3) is 0.375. The van der Waals surface area contributed by atoms with Crippen molar-refractivity contribution < 1.29 is 18.9 Å². The summed E-state index contributed by atoms with van der Waals surface area (Å²) >= 11 is 0. The van der Waals surface area contributed by atoms with Gasteiger partial charge in [-0.1, -0.05) is 6.07 Å². The first-order chi connectivity index (χ1) is 15.2. The number of nitrogens with zero attached hydrogens (tertiary/aromatic N) is 3. The van der Waals surface area contributed by atoms with E-state index < -0.39 is 0 Å². The number of fused-ring (bicyclic) bond motifs is 2. The van der Waals surface area contributed by atoms with Gasteiger partial charge in [-0.2, -0.15) is 0 Å². The predicted molar refractivity (Wildman–Crippen MR) is 114 cm³/mol. The number of aromatic nitrogens is 2. The Morgan fingerprint density at radius 1 is 1.06 bits per heavy atom. The summed E-state index contributed by atoms with van der Waals surface area (Å²) in [6.07, 6.45) is 2.97. The molecule has 1 saturated heterocycles. The summed E-state index contributed by atoms with van der Waals surface area (Å²) in [6, 6.07) is 14.4. The predicted octanol–water partition coefficient (Wildman–Crippen LogP) is 3.46. The van der Waals surface area contributed by atoms with Crippen molar-refractivity contribution in [1.82, 2.24) is 14.5 Å². The molecule has 0 radical (unpaired) electrons. The Bertz CT molecular complexity index is 1110.